The minimum absolute atomic E-state index is 0.234. The van der Waals surface area contributed by atoms with Crippen molar-refractivity contribution in [2.75, 3.05) is 13.1 Å². The van der Waals surface area contributed by atoms with E-state index >= 15 is 0 Å². The van der Waals surface area contributed by atoms with Crippen LogP contribution in [0.3, 0.4) is 0 Å². The van der Waals surface area contributed by atoms with Gasteiger partial charge in [0.25, 0.3) is 0 Å². The second-order valence-electron chi connectivity index (χ2n) is 2.09. The Bertz CT molecular complexity index is 166. The smallest absolute Gasteiger partial charge is 0.134 e. The van der Waals surface area contributed by atoms with E-state index in [9.17, 15) is 4.79 Å². The lowest BCUT2D eigenvalue weighted by molar-refractivity contribution is -0.108. The average molecular weight is 138 g/mol. The molecule has 1 atom stereocenters. The monoisotopic (exact) mass is 138 g/mol. The molecule has 1 rings (SSSR count). The van der Waals surface area contributed by atoms with Gasteiger partial charge in [-0.15, -0.1) is 6.58 Å². The van der Waals surface area contributed by atoms with Crippen LogP contribution < -0.4 is 5.32 Å². The summed E-state index contributed by atoms with van der Waals surface area (Å²) in [6.07, 6.45) is 2.42. The largest absolute Gasteiger partial charge is 0.371 e. The number of amidine groups is 1. The summed E-state index contributed by atoms with van der Waals surface area (Å²) in [5.41, 5.74) is 0. The predicted octanol–water partition coefficient (Wildman–Crippen LogP) is -0.0108. The standard InChI is InChI=1S/C7H10N2O/c1-2-6(5-10)7-8-3-4-9-7/h2,5-6H,1,3-4H2,(H,8,9). The van der Waals surface area contributed by atoms with Crippen LogP contribution in [0.1, 0.15) is 0 Å². The molecule has 1 N–H and O–H groups in total. The number of hydrogen-bond donors (Lipinski definition) is 1. The molecule has 1 aliphatic heterocycles. The molecule has 0 fully saturated rings. The van der Waals surface area contributed by atoms with Crippen molar-refractivity contribution >= 4 is 12.1 Å². The van der Waals surface area contributed by atoms with Crippen LogP contribution >= 0.6 is 0 Å². The number of rotatable bonds is 3. The van der Waals surface area contributed by atoms with E-state index in [2.05, 4.69) is 16.9 Å². The van der Waals surface area contributed by atoms with E-state index in [0.717, 1.165) is 25.2 Å². The Morgan fingerprint density at radius 1 is 1.80 bits per heavy atom. The van der Waals surface area contributed by atoms with Crippen molar-refractivity contribution < 1.29 is 4.79 Å². The van der Waals surface area contributed by atoms with E-state index in [1.54, 1.807) is 6.08 Å². The fourth-order valence-electron chi connectivity index (χ4n) is 0.871. The van der Waals surface area contributed by atoms with Gasteiger partial charge in [-0.2, -0.15) is 0 Å². The van der Waals surface area contributed by atoms with Gasteiger partial charge >= 0.3 is 0 Å². The lowest BCUT2D eigenvalue weighted by atomic mass is 10.1. The van der Waals surface area contributed by atoms with E-state index in [4.69, 9.17) is 0 Å². The van der Waals surface area contributed by atoms with Gasteiger partial charge in [-0.25, -0.2) is 0 Å². The molecule has 1 heterocycles. The zero-order valence-corrected chi connectivity index (χ0v) is 5.71. The summed E-state index contributed by atoms with van der Waals surface area (Å²) in [7, 11) is 0. The Hall–Kier alpha value is -1.12. The maximum Gasteiger partial charge on any atom is 0.134 e. The Balaban J connectivity index is 2.60. The summed E-state index contributed by atoms with van der Waals surface area (Å²) in [5, 5.41) is 3.01. The van der Waals surface area contributed by atoms with Crippen molar-refractivity contribution in [3.8, 4) is 0 Å². The topological polar surface area (TPSA) is 41.5 Å². The van der Waals surface area contributed by atoms with Crippen molar-refractivity contribution in [1.29, 1.82) is 0 Å². The first-order valence-corrected chi connectivity index (χ1v) is 3.24. The normalized spacial score (nSPS) is 19.0. The summed E-state index contributed by atoms with van der Waals surface area (Å²) >= 11 is 0. The lowest BCUT2D eigenvalue weighted by Crippen LogP contribution is -2.26. The third-order valence-electron chi connectivity index (χ3n) is 1.42. The van der Waals surface area contributed by atoms with Crippen LogP contribution in [0.2, 0.25) is 0 Å². The Labute approximate surface area is 59.8 Å². The van der Waals surface area contributed by atoms with E-state index in [-0.39, 0.29) is 5.92 Å². The molecule has 1 unspecified atom stereocenters. The molecule has 0 aromatic heterocycles. The van der Waals surface area contributed by atoms with Crippen molar-refractivity contribution in [3.05, 3.63) is 12.7 Å². The molecule has 0 bridgehead atoms. The molecule has 54 valence electrons. The van der Waals surface area contributed by atoms with E-state index < -0.39 is 0 Å². The van der Waals surface area contributed by atoms with Crippen LogP contribution in [-0.2, 0) is 4.79 Å². The van der Waals surface area contributed by atoms with Gasteiger partial charge in [-0.3, -0.25) is 4.99 Å². The fraction of sp³-hybridized carbons (Fsp3) is 0.429. The van der Waals surface area contributed by atoms with E-state index in [1.165, 1.54) is 0 Å². The zero-order chi connectivity index (χ0) is 7.40. The number of carbonyl (C=O) groups excluding carboxylic acids is 1. The van der Waals surface area contributed by atoms with Gasteiger partial charge in [-0.05, 0) is 0 Å². The highest BCUT2D eigenvalue weighted by atomic mass is 16.1. The maximum atomic E-state index is 10.3. The highest BCUT2D eigenvalue weighted by molar-refractivity contribution is 5.98. The molecular weight excluding hydrogens is 128 g/mol. The van der Waals surface area contributed by atoms with Gasteiger partial charge in [0.2, 0.25) is 0 Å². The summed E-state index contributed by atoms with van der Waals surface area (Å²) in [5.74, 6) is 0.521. The Morgan fingerprint density at radius 3 is 3.00 bits per heavy atom. The van der Waals surface area contributed by atoms with Gasteiger partial charge in [0, 0.05) is 6.54 Å². The molecule has 0 spiro atoms. The van der Waals surface area contributed by atoms with Gasteiger partial charge in [0.05, 0.1) is 12.5 Å². The number of aliphatic imine (C=N–C) groups is 1. The molecule has 3 nitrogen and oxygen atoms in total. The van der Waals surface area contributed by atoms with Crippen LogP contribution in [0, 0.1) is 5.92 Å². The van der Waals surface area contributed by atoms with Crippen LogP contribution in [-0.4, -0.2) is 25.2 Å². The van der Waals surface area contributed by atoms with Gasteiger partial charge < -0.3 is 10.1 Å². The molecule has 0 aromatic rings. The molecule has 1 aliphatic rings. The van der Waals surface area contributed by atoms with Gasteiger partial charge in [0.15, 0.2) is 0 Å². The van der Waals surface area contributed by atoms with E-state index in [0.29, 0.717) is 0 Å². The molecule has 0 amide bonds. The molecule has 0 aromatic carbocycles. The van der Waals surface area contributed by atoms with Gasteiger partial charge in [0.1, 0.15) is 12.1 Å². The number of carbonyl (C=O) groups is 1. The summed E-state index contributed by atoms with van der Waals surface area (Å²) in [4.78, 5) is 14.4. The molecule has 10 heavy (non-hydrogen) atoms. The molecule has 3 heteroatoms. The van der Waals surface area contributed by atoms with E-state index in [1.807, 2.05) is 0 Å². The van der Waals surface area contributed by atoms with Crippen molar-refractivity contribution in [1.82, 2.24) is 5.32 Å². The van der Waals surface area contributed by atoms with Crippen molar-refractivity contribution in [2.24, 2.45) is 10.9 Å². The molecular formula is C7H10N2O. The Kier molecular flexibility index (Phi) is 2.20. The molecule has 0 radical (unpaired) electrons. The Morgan fingerprint density at radius 2 is 2.60 bits per heavy atom. The predicted molar refractivity (Wildman–Crippen MR) is 40.1 cm³/mol. The maximum absolute atomic E-state index is 10.3. The second kappa shape index (κ2) is 3.15. The van der Waals surface area contributed by atoms with Crippen LogP contribution in [0.5, 0.6) is 0 Å². The molecule has 0 saturated carbocycles. The minimum atomic E-state index is -0.234. The number of nitrogens with zero attached hydrogens (tertiary/aromatic N) is 1. The average Bonchev–Trinajstić information content (AvgIpc) is 2.43. The first-order valence-electron chi connectivity index (χ1n) is 3.24. The summed E-state index contributed by atoms with van der Waals surface area (Å²) < 4.78 is 0. The van der Waals surface area contributed by atoms with Crippen molar-refractivity contribution in [3.63, 3.8) is 0 Å². The third-order valence-corrected chi connectivity index (χ3v) is 1.42. The lowest BCUT2D eigenvalue weighted by Gasteiger charge is -2.03. The van der Waals surface area contributed by atoms with Crippen LogP contribution in [0.25, 0.3) is 0 Å². The summed E-state index contributed by atoms with van der Waals surface area (Å²) in [6, 6.07) is 0. The fourth-order valence-corrected chi connectivity index (χ4v) is 0.871. The third kappa shape index (κ3) is 1.23. The number of hydrogen-bond acceptors (Lipinski definition) is 3. The SMILES string of the molecule is C=CC(C=O)C1=NCCN1. The molecule has 0 saturated heterocycles. The van der Waals surface area contributed by atoms with Gasteiger partial charge in [-0.1, -0.05) is 6.08 Å². The summed E-state index contributed by atoms with van der Waals surface area (Å²) in [6.45, 7) is 5.14. The first kappa shape index (κ1) is 6.99. The number of aldehydes is 1. The second-order valence-corrected chi connectivity index (χ2v) is 2.09. The van der Waals surface area contributed by atoms with Crippen molar-refractivity contribution in [2.45, 2.75) is 0 Å². The van der Waals surface area contributed by atoms with Crippen LogP contribution in [0.15, 0.2) is 17.6 Å². The quantitative estimate of drug-likeness (QED) is 0.440. The highest BCUT2D eigenvalue weighted by Crippen LogP contribution is 1.98. The highest BCUT2D eigenvalue weighted by Gasteiger charge is 2.13. The molecule has 0 aliphatic carbocycles. The number of nitrogens with one attached hydrogen (secondary N) is 1. The minimum Gasteiger partial charge on any atom is -0.371 e. The first-order chi connectivity index (χ1) is 4.88. The zero-order valence-electron chi connectivity index (χ0n) is 5.71. The van der Waals surface area contributed by atoms with Crippen LogP contribution in [0.4, 0.5) is 0 Å².